The van der Waals surface area contributed by atoms with Crippen molar-refractivity contribution >= 4 is 50.6 Å². The minimum absolute atomic E-state index is 0.0204. The number of aromatic nitrogens is 2. The van der Waals surface area contributed by atoms with E-state index >= 15 is 0 Å². The molecule has 4 rings (SSSR count). The Balaban J connectivity index is 1.58. The summed E-state index contributed by atoms with van der Waals surface area (Å²) in [6.07, 6.45) is 0. The molecule has 1 N–H and O–H groups in total. The van der Waals surface area contributed by atoms with Gasteiger partial charge in [-0.2, -0.15) is 0 Å². The van der Waals surface area contributed by atoms with Crippen molar-refractivity contribution in [3.63, 3.8) is 0 Å². The molecular weight excluding hydrogens is 436 g/mol. The normalized spacial score (nSPS) is 10.9. The van der Waals surface area contributed by atoms with Gasteiger partial charge in [0.15, 0.2) is 5.16 Å². The lowest BCUT2D eigenvalue weighted by Crippen LogP contribution is -2.22. The van der Waals surface area contributed by atoms with E-state index in [2.05, 4.69) is 10.3 Å². The zero-order valence-corrected chi connectivity index (χ0v) is 17.9. The molecule has 0 bridgehead atoms. The van der Waals surface area contributed by atoms with E-state index in [9.17, 15) is 19.7 Å². The number of rotatable bonds is 6. The molecule has 1 amide bonds. The van der Waals surface area contributed by atoms with Gasteiger partial charge < -0.3 is 5.32 Å². The van der Waals surface area contributed by atoms with Gasteiger partial charge in [-0.1, -0.05) is 30.0 Å². The van der Waals surface area contributed by atoms with Gasteiger partial charge in [-0.15, -0.1) is 11.3 Å². The number of benzene rings is 2. The van der Waals surface area contributed by atoms with Crippen LogP contribution in [0.15, 0.2) is 69.9 Å². The Kier molecular flexibility index (Phi) is 5.83. The molecule has 2 heterocycles. The van der Waals surface area contributed by atoms with Gasteiger partial charge in [-0.05, 0) is 42.1 Å². The molecular formula is C21H16N4O4S2. The third kappa shape index (κ3) is 4.35. The molecule has 0 aliphatic heterocycles. The van der Waals surface area contributed by atoms with Gasteiger partial charge in [-0.25, -0.2) is 4.98 Å². The van der Waals surface area contributed by atoms with Gasteiger partial charge in [0.2, 0.25) is 5.91 Å². The number of thiophene rings is 1. The van der Waals surface area contributed by atoms with Crippen molar-refractivity contribution in [1.29, 1.82) is 0 Å². The van der Waals surface area contributed by atoms with Crippen molar-refractivity contribution in [2.75, 3.05) is 11.1 Å². The molecule has 0 aliphatic carbocycles. The molecule has 31 heavy (non-hydrogen) atoms. The van der Waals surface area contributed by atoms with Crippen molar-refractivity contribution in [1.82, 2.24) is 9.55 Å². The third-order valence-electron chi connectivity index (χ3n) is 4.51. The minimum Gasteiger partial charge on any atom is -0.325 e. The van der Waals surface area contributed by atoms with Crippen LogP contribution in [0.5, 0.6) is 0 Å². The number of hydrogen-bond donors (Lipinski definition) is 1. The number of para-hydroxylation sites is 1. The van der Waals surface area contributed by atoms with Gasteiger partial charge >= 0.3 is 0 Å². The van der Waals surface area contributed by atoms with Gasteiger partial charge in [-0.3, -0.25) is 24.3 Å². The molecule has 0 fully saturated rings. The molecule has 0 radical (unpaired) electrons. The third-order valence-corrected chi connectivity index (χ3v) is 6.25. The maximum Gasteiger partial charge on any atom is 0.269 e. The van der Waals surface area contributed by atoms with E-state index in [0.717, 1.165) is 11.8 Å². The Morgan fingerprint density at radius 3 is 2.71 bits per heavy atom. The summed E-state index contributed by atoms with van der Waals surface area (Å²) in [5, 5.41) is 16.4. The second-order valence-corrected chi connectivity index (χ2v) is 8.44. The molecule has 0 saturated heterocycles. The first-order valence-corrected chi connectivity index (χ1v) is 11.0. The summed E-state index contributed by atoms with van der Waals surface area (Å²) in [6.45, 7) is 1.69. The molecule has 4 aromatic rings. The Bertz CT molecular complexity index is 1350. The maximum absolute atomic E-state index is 13.0. The van der Waals surface area contributed by atoms with Crippen molar-refractivity contribution in [2.45, 2.75) is 12.1 Å². The second-order valence-electron chi connectivity index (χ2n) is 6.60. The number of non-ortho nitro benzene ring substituents is 1. The minimum atomic E-state index is -0.482. The smallest absolute Gasteiger partial charge is 0.269 e. The monoisotopic (exact) mass is 452 g/mol. The van der Waals surface area contributed by atoms with Crippen molar-refractivity contribution in [3.8, 4) is 5.69 Å². The van der Waals surface area contributed by atoms with E-state index in [0.29, 0.717) is 32.3 Å². The lowest BCUT2D eigenvalue weighted by molar-refractivity contribution is -0.384. The van der Waals surface area contributed by atoms with Gasteiger partial charge in [0.25, 0.3) is 11.2 Å². The van der Waals surface area contributed by atoms with E-state index in [1.165, 1.54) is 34.1 Å². The fourth-order valence-electron chi connectivity index (χ4n) is 3.01. The van der Waals surface area contributed by atoms with Crippen LogP contribution in [-0.2, 0) is 4.79 Å². The van der Waals surface area contributed by atoms with Crippen molar-refractivity contribution in [3.05, 3.63) is 86.0 Å². The molecule has 0 atom stereocenters. The number of nitro groups is 1. The largest absolute Gasteiger partial charge is 0.325 e. The Labute approximate surface area is 184 Å². The lowest BCUT2D eigenvalue weighted by Gasteiger charge is -2.12. The highest BCUT2D eigenvalue weighted by molar-refractivity contribution is 7.99. The number of nitrogens with zero attached hydrogens (tertiary/aromatic N) is 3. The number of fused-ring (bicyclic) bond motifs is 1. The van der Waals surface area contributed by atoms with Crippen LogP contribution in [0.25, 0.3) is 15.9 Å². The summed E-state index contributed by atoms with van der Waals surface area (Å²) in [7, 11) is 0. The van der Waals surface area contributed by atoms with Crippen LogP contribution in [0.3, 0.4) is 0 Å². The SMILES string of the molecule is Cc1cc([N+](=O)[O-])ccc1NC(=O)CSc1nc2sccc2c(=O)n1-c1ccccc1. The molecule has 2 aromatic heterocycles. The van der Waals surface area contributed by atoms with Gasteiger partial charge in [0.1, 0.15) is 4.83 Å². The zero-order valence-electron chi connectivity index (χ0n) is 16.3. The number of anilines is 1. The summed E-state index contributed by atoms with van der Waals surface area (Å²) in [6, 6.07) is 15.1. The van der Waals surface area contributed by atoms with E-state index in [4.69, 9.17) is 0 Å². The average Bonchev–Trinajstić information content (AvgIpc) is 3.23. The highest BCUT2D eigenvalue weighted by Crippen LogP contribution is 2.25. The Morgan fingerprint density at radius 1 is 1.23 bits per heavy atom. The van der Waals surface area contributed by atoms with Crippen LogP contribution in [-0.4, -0.2) is 26.1 Å². The molecule has 0 aliphatic rings. The number of thioether (sulfide) groups is 1. The number of hydrogen-bond acceptors (Lipinski definition) is 7. The second kappa shape index (κ2) is 8.70. The predicted octanol–water partition coefficient (Wildman–Crippen LogP) is 4.39. The van der Waals surface area contributed by atoms with Gasteiger partial charge in [0, 0.05) is 17.8 Å². The Hall–Kier alpha value is -3.50. The summed E-state index contributed by atoms with van der Waals surface area (Å²) < 4.78 is 1.50. The van der Waals surface area contributed by atoms with Crippen LogP contribution >= 0.6 is 23.1 Å². The van der Waals surface area contributed by atoms with Crippen LogP contribution in [0, 0.1) is 17.0 Å². The van der Waals surface area contributed by atoms with E-state index in [1.54, 1.807) is 13.0 Å². The molecule has 10 heteroatoms. The first-order valence-electron chi connectivity index (χ1n) is 9.17. The molecule has 156 valence electrons. The quantitative estimate of drug-likeness (QED) is 0.201. The first-order chi connectivity index (χ1) is 14.9. The van der Waals surface area contributed by atoms with Crippen molar-refractivity contribution < 1.29 is 9.72 Å². The maximum atomic E-state index is 13.0. The number of carbonyl (C=O) groups excluding carboxylic acids is 1. The van der Waals surface area contributed by atoms with Gasteiger partial charge in [0.05, 0.1) is 21.7 Å². The number of amides is 1. The van der Waals surface area contributed by atoms with E-state index in [-0.39, 0.29) is 22.9 Å². The van der Waals surface area contributed by atoms with Crippen LogP contribution in [0.1, 0.15) is 5.56 Å². The summed E-state index contributed by atoms with van der Waals surface area (Å²) >= 11 is 2.52. The summed E-state index contributed by atoms with van der Waals surface area (Å²) in [5.74, 6) is -0.283. The number of nitro benzene ring substituents is 1. The highest BCUT2D eigenvalue weighted by Gasteiger charge is 2.16. The molecule has 8 nitrogen and oxygen atoms in total. The Morgan fingerprint density at radius 2 is 2.00 bits per heavy atom. The summed E-state index contributed by atoms with van der Waals surface area (Å²) in [5.41, 5.74) is 1.53. The first kappa shape index (κ1) is 20.8. The number of nitrogens with one attached hydrogen (secondary N) is 1. The standard InChI is InChI=1S/C21H16N4O4S2/c1-13-11-15(25(28)29)7-8-17(13)22-18(26)12-31-21-23-19-16(9-10-30-19)20(27)24(21)14-5-3-2-4-6-14/h2-11H,12H2,1H3,(H,22,26). The molecule has 0 spiro atoms. The van der Waals surface area contributed by atoms with Crippen LogP contribution in [0.2, 0.25) is 0 Å². The molecule has 0 saturated carbocycles. The molecule has 0 unspecified atom stereocenters. The topological polar surface area (TPSA) is 107 Å². The lowest BCUT2D eigenvalue weighted by atomic mass is 10.2. The molecule has 2 aromatic carbocycles. The zero-order chi connectivity index (χ0) is 22.0. The highest BCUT2D eigenvalue weighted by atomic mass is 32.2. The predicted molar refractivity (Wildman–Crippen MR) is 122 cm³/mol. The fraction of sp³-hybridized carbons (Fsp3) is 0.0952. The number of carbonyl (C=O) groups is 1. The van der Waals surface area contributed by atoms with E-state index < -0.39 is 4.92 Å². The summed E-state index contributed by atoms with van der Waals surface area (Å²) in [4.78, 5) is 41.2. The van der Waals surface area contributed by atoms with Crippen LogP contribution in [0.4, 0.5) is 11.4 Å². The van der Waals surface area contributed by atoms with Crippen molar-refractivity contribution in [2.24, 2.45) is 0 Å². The van der Waals surface area contributed by atoms with E-state index in [1.807, 2.05) is 35.7 Å². The average molecular weight is 453 g/mol. The number of aryl methyl sites for hydroxylation is 1. The fourth-order valence-corrected chi connectivity index (χ4v) is 4.63. The van der Waals surface area contributed by atoms with Crippen LogP contribution < -0.4 is 10.9 Å².